The van der Waals surface area contributed by atoms with E-state index >= 15 is 0 Å². The minimum absolute atomic E-state index is 0.105. The number of hydrogen-bond acceptors (Lipinski definition) is 11. The summed E-state index contributed by atoms with van der Waals surface area (Å²) in [6, 6.07) is 2.73. The molecule has 0 spiro atoms. The molecule has 0 heterocycles. The molecule has 0 saturated heterocycles. The Morgan fingerprint density at radius 2 is 1.30 bits per heavy atom. The third-order valence-corrected chi connectivity index (χ3v) is 6.45. The van der Waals surface area contributed by atoms with E-state index in [4.69, 9.17) is 34.2 Å². The van der Waals surface area contributed by atoms with Crippen LogP contribution in [0.25, 0.3) is 0 Å². The average molecular weight is 612 g/mol. The van der Waals surface area contributed by atoms with Gasteiger partial charge in [0.05, 0.1) is 19.8 Å². The van der Waals surface area contributed by atoms with Gasteiger partial charge >= 0.3 is 24.4 Å². The Bertz CT molecular complexity index is 1060. The van der Waals surface area contributed by atoms with Crippen molar-refractivity contribution in [1.29, 1.82) is 0 Å². The number of carbonyl (C=O) groups is 4. The van der Waals surface area contributed by atoms with Crippen LogP contribution >= 0.6 is 0 Å². The van der Waals surface area contributed by atoms with Crippen LogP contribution in [0.2, 0.25) is 0 Å². The zero-order chi connectivity index (χ0) is 32.9. The molecular formula is C31H49NO11. The molecule has 1 aromatic rings. The van der Waals surface area contributed by atoms with E-state index in [0.29, 0.717) is 24.3 Å². The Labute approximate surface area is 254 Å². The number of aliphatic carboxylic acids is 1. The minimum Gasteiger partial charge on any atom is -0.480 e. The standard InChI is InChI=1S/C31H49NO11/c1-18(2)12-14-38-28(35)42-23-11-10-22(16-24(23)43-29(36)39-15-13-19(3)4)25(26(32)27(33)34)20(5)21(6)41-30(37)40-17-31(7,8)9/h10-11,16,18-21,25-26H,12-15,17,32H2,1-9H3,(H,33,34)/t20?,21?,25?,26-/m0/s1. The van der Waals surface area contributed by atoms with Gasteiger partial charge in [-0.1, -0.05) is 61.5 Å². The molecule has 0 saturated carbocycles. The van der Waals surface area contributed by atoms with E-state index in [9.17, 15) is 24.3 Å². The molecule has 12 nitrogen and oxygen atoms in total. The van der Waals surface area contributed by atoms with Crippen LogP contribution in [0.5, 0.6) is 11.5 Å². The maximum Gasteiger partial charge on any atom is 0.513 e. The summed E-state index contributed by atoms with van der Waals surface area (Å²) in [5.41, 5.74) is 6.16. The molecule has 12 heteroatoms. The summed E-state index contributed by atoms with van der Waals surface area (Å²) in [5, 5.41) is 9.80. The van der Waals surface area contributed by atoms with E-state index in [1.165, 1.54) is 18.2 Å². The van der Waals surface area contributed by atoms with Gasteiger partial charge in [-0.25, -0.2) is 14.4 Å². The van der Waals surface area contributed by atoms with Crippen LogP contribution in [0.3, 0.4) is 0 Å². The number of ether oxygens (including phenoxy) is 6. The lowest BCUT2D eigenvalue weighted by molar-refractivity contribution is -0.139. The summed E-state index contributed by atoms with van der Waals surface area (Å²) in [6.07, 6.45) is -2.54. The fraction of sp³-hybridized carbons (Fsp3) is 0.677. The van der Waals surface area contributed by atoms with Crippen molar-refractivity contribution in [3.8, 4) is 11.5 Å². The molecule has 244 valence electrons. The maximum atomic E-state index is 12.5. The van der Waals surface area contributed by atoms with Gasteiger partial charge in [-0.05, 0) is 54.7 Å². The van der Waals surface area contributed by atoms with Crippen LogP contribution < -0.4 is 15.2 Å². The topological polar surface area (TPSA) is 170 Å². The van der Waals surface area contributed by atoms with Gasteiger partial charge in [-0.3, -0.25) is 4.79 Å². The summed E-state index contributed by atoms with van der Waals surface area (Å²) in [4.78, 5) is 49.2. The van der Waals surface area contributed by atoms with Gasteiger partial charge in [0.15, 0.2) is 11.5 Å². The van der Waals surface area contributed by atoms with Crippen molar-refractivity contribution in [3.63, 3.8) is 0 Å². The predicted molar refractivity (Wildman–Crippen MR) is 158 cm³/mol. The first-order valence-electron chi connectivity index (χ1n) is 14.6. The summed E-state index contributed by atoms with van der Waals surface area (Å²) in [7, 11) is 0. The normalized spacial score (nSPS) is 14.3. The lowest BCUT2D eigenvalue weighted by atomic mass is 9.79. The number of hydrogen-bond donors (Lipinski definition) is 2. The van der Waals surface area contributed by atoms with Gasteiger partial charge in [0.25, 0.3) is 0 Å². The van der Waals surface area contributed by atoms with Crippen molar-refractivity contribution in [1.82, 2.24) is 0 Å². The highest BCUT2D eigenvalue weighted by atomic mass is 16.7. The van der Waals surface area contributed by atoms with Crippen molar-refractivity contribution >= 4 is 24.4 Å². The van der Waals surface area contributed by atoms with Crippen LogP contribution in [0.15, 0.2) is 18.2 Å². The van der Waals surface area contributed by atoms with E-state index in [2.05, 4.69) is 0 Å². The molecule has 0 bridgehead atoms. The molecule has 0 aliphatic rings. The Kier molecular flexibility index (Phi) is 15.3. The highest BCUT2D eigenvalue weighted by Gasteiger charge is 2.36. The highest BCUT2D eigenvalue weighted by molar-refractivity contribution is 5.75. The number of benzene rings is 1. The molecular weight excluding hydrogens is 562 g/mol. The number of nitrogens with two attached hydrogens (primary N) is 1. The first kappa shape index (κ1) is 37.5. The summed E-state index contributed by atoms with van der Waals surface area (Å²) >= 11 is 0. The van der Waals surface area contributed by atoms with E-state index in [0.717, 1.165) is 0 Å². The summed E-state index contributed by atoms with van der Waals surface area (Å²) < 4.78 is 31.6. The largest absolute Gasteiger partial charge is 0.513 e. The van der Waals surface area contributed by atoms with Crippen LogP contribution in [-0.2, 0) is 23.7 Å². The van der Waals surface area contributed by atoms with Gasteiger partial charge in [0, 0.05) is 11.8 Å². The molecule has 0 aliphatic heterocycles. The quantitative estimate of drug-likeness (QED) is 0.125. The van der Waals surface area contributed by atoms with Crippen LogP contribution in [0.1, 0.15) is 86.6 Å². The van der Waals surface area contributed by atoms with Crippen molar-refractivity contribution in [2.45, 2.75) is 93.2 Å². The Morgan fingerprint density at radius 1 is 0.791 bits per heavy atom. The molecule has 4 atom stereocenters. The lowest BCUT2D eigenvalue weighted by Gasteiger charge is -2.31. The van der Waals surface area contributed by atoms with Crippen molar-refractivity contribution < 1.29 is 52.7 Å². The molecule has 0 amide bonds. The fourth-order valence-corrected chi connectivity index (χ4v) is 3.74. The summed E-state index contributed by atoms with van der Waals surface area (Å²) in [6.45, 7) is 17.2. The Morgan fingerprint density at radius 3 is 1.77 bits per heavy atom. The van der Waals surface area contributed by atoms with Crippen molar-refractivity contribution in [2.75, 3.05) is 19.8 Å². The minimum atomic E-state index is -1.44. The van der Waals surface area contributed by atoms with Crippen molar-refractivity contribution in [3.05, 3.63) is 23.8 Å². The Balaban J connectivity index is 3.33. The number of carboxylic acids is 1. The zero-order valence-corrected chi connectivity index (χ0v) is 26.8. The number of rotatable bonds is 15. The van der Waals surface area contributed by atoms with Crippen LogP contribution in [-0.4, -0.2) is 61.5 Å². The molecule has 3 N–H and O–H groups in total. The van der Waals surface area contributed by atoms with E-state index < -0.39 is 48.4 Å². The second kappa shape index (κ2) is 17.5. The van der Waals surface area contributed by atoms with Gasteiger partial charge in [0.1, 0.15) is 12.1 Å². The molecule has 0 aromatic heterocycles. The van der Waals surface area contributed by atoms with Crippen LogP contribution in [0, 0.1) is 23.2 Å². The molecule has 1 aromatic carbocycles. The monoisotopic (exact) mass is 611 g/mol. The maximum absolute atomic E-state index is 12.5. The number of carboxylic acid groups (broad SMARTS) is 1. The predicted octanol–water partition coefficient (Wildman–Crippen LogP) is 6.53. The first-order valence-corrected chi connectivity index (χ1v) is 14.6. The molecule has 0 radical (unpaired) electrons. The average Bonchev–Trinajstić information content (AvgIpc) is 2.87. The lowest BCUT2D eigenvalue weighted by Crippen LogP contribution is -2.42. The molecule has 43 heavy (non-hydrogen) atoms. The molecule has 3 unspecified atom stereocenters. The smallest absolute Gasteiger partial charge is 0.480 e. The van der Waals surface area contributed by atoms with Crippen LogP contribution in [0.4, 0.5) is 14.4 Å². The van der Waals surface area contributed by atoms with E-state index in [1.807, 2.05) is 48.5 Å². The van der Waals surface area contributed by atoms with Gasteiger partial charge in [-0.2, -0.15) is 0 Å². The van der Waals surface area contributed by atoms with E-state index in [1.54, 1.807) is 13.8 Å². The SMILES string of the molecule is CC(C)CCOC(=O)Oc1ccc(C(C(C)C(C)OC(=O)OCC(C)(C)C)[C@H](N)C(=O)O)cc1OC(=O)OCCC(C)C. The molecule has 0 aliphatic carbocycles. The van der Waals surface area contributed by atoms with Gasteiger partial charge < -0.3 is 39.3 Å². The number of carbonyl (C=O) groups excluding carboxylic acids is 3. The third kappa shape index (κ3) is 14.5. The molecule has 1 rings (SSSR count). The first-order chi connectivity index (χ1) is 19.9. The highest BCUT2D eigenvalue weighted by Crippen LogP contribution is 2.37. The third-order valence-electron chi connectivity index (χ3n) is 6.45. The second-order valence-corrected chi connectivity index (χ2v) is 12.6. The van der Waals surface area contributed by atoms with Crippen molar-refractivity contribution in [2.24, 2.45) is 28.9 Å². The molecule has 0 fully saturated rings. The summed E-state index contributed by atoms with van der Waals surface area (Å²) in [5.74, 6) is -2.66. The Hall–Kier alpha value is -3.54. The van der Waals surface area contributed by atoms with Gasteiger partial charge in [0.2, 0.25) is 0 Å². The second-order valence-electron chi connectivity index (χ2n) is 12.6. The van der Waals surface area contributed by atoms with Gasteiger partial charge in [-0.15, -0.1) is 0 Å². The zero-order valence-electron chi connectivity index (χ0n) is 26.8. The van der Waals surface area contributed by atoms with E-state index in [-0.39, 0.29) is 42.7 Å². The fourth-order valence-electron chi connectivity index (χ4n) is 3.74.